The van der Waals surface area contributed by atoms with E-state index in [2.05, 4.69) is 50.9 Å². The molecule has 0 spiro atoms. The Bertz CT molecular complexity index is 1400. The zero-order chi connectivity index (χ0) is 29.2. The molecule has 0 aliphatic heterocycles. The smallest absolute Gasteiger partial charge is 0.329 e. The lowest BCUT2D eigenvalue weighted by Crippen LogP contribution is -2.37. The molecule has 9 nitrogen and oxygen atoms in total. The number of amides is 3. The molecule has 0 unspecified atom stereocenters. The number of nitrogens with one attached hydrogen (secondary N) is 3. The molecular formula is C30H33BrN4O5. The first-order chi connectivity index (χ1) is 19.1. The fourth-order valence-electron chi connectivity index (χ4n) is 3.66. The van der Waals surface area contributed by atoms with E-state index >= 15 is 0 Å². The van der Waals surface area contributed by atoms with Gasteiger partial charge >= 0.3 is 11.8 Å². The molecule has 0 aliphatic rings. The standard InChI is InChI=1S/C30H33BrN4O5/c1-18(2)23-11-9-21(10-12-23)15-32-29(37)30(38)35-33-16-22-13-24(31)28(26(14-22)39-5)40-17-27(36)34-25-8-6-7-19(3)20(25)4/h6-14,16,18H,15,17H2,1-5H3,(H,32,37)(H,34,36)(H,35,38)/b33-16-. The number of hydrogen-bond donors (Lipinski definition) is 3. The van der Waals surface area contributed by atoms with Crippen molar-refractivity contribution in [2.24, 2.45) is 5.10 Å². The van der Waals surface area contributed by atoms with Crippen molar-refractivity contribution in [1.82, 2.24) is 10.7 Å². The monoisotopic (exact) mass is 608 g/mol. The SMILES string of the molecule is COc1cc(/C=N\NC(=O)C(=O)NCc2ccc(C(C)C)cc2)cc(Br)c1OCC(=O)Nc1cccc(C)c1C. The predicted molar refractivity (Wildman–Crippen MR) is 159 cm³/mol. The Morgan fingerprint density at radius 1 is 1.02 bits per heavy atom. The maximum Gasteiger partial charge on any atom is 0.329 e. The summed E-state index contributed by atoms with van der Waals surface area (Å²) in [5.41, 5.74) is 7.64. The number of halogens is 1. The highest BCUT2D eigenvalue weighted by Crippen LogP contribution is 2.36. The van der Waals surface area contributed by atoms with E-state index in [1.807, 2.05) is 56.3 Å². The van der Waals surface area contributed by atoms with Crippen LogP contribution in [0.1, 0.15) is 47.6 Å². The van der Waals surface area contributed by atoms with Gasteiger partial charge < -0.3 is 20.1 Å². The predicted octanol–water partition coefficient (Wildman–Crippen LogP) is 4.98. The van der Waals surface area contributed by atoms with E-state index in [-0.39, 0.29) is 19.1 Å². The number of anilines is 1. The molecule has 0 fully saturated rings. The third-order valence-electron chi connectivity index (χ3n) is 6.16. The van der Waals surface area contributed by atoms with E-state index < -0.39 is 11.8 Å². The summed E-state index contributed by atoms with van der Waals surface area (Å²) in [7, 11) is 1.47. The van der Waals surface area contributed by atoms with Gasteiger partial charge in [0.05, 0.1) is 17.8 Å². The van der Waals surface area contributed by atoms with Crippen LogP contribution in [-0.2, 0) is 20.9 Å². The van der Waals surface area contributed by atoms with Crippen molar-refractivity contribution >= 4 is 45.6 Å². The minimum absolute atomic E-state index is 0.225. The lowest BCUT2D eigenvalue weighted by molar-refractivity contribution is -0.139. The minimum atomic E-state index is -0.893. The summed E-state index contributed by atoms with van der Waals surface area (Å²) in [5, 5.41) is 9.29. The number of carbonyl (C=O) groups is 3. The number of methoxy groups -OCH3 is 1. The van der Waals surface area contributed by atoms with Gasteiger partial charge in [0, 0.05) is 12.2 Å². The maximum atomic E-state index is 12.5. The molecule has 0 aromatic heterocycles. The average molecular weight is 610 g/mol. The number of rotatable bonds is 10. The molecule has 3 rings (SSSR count). The molecule has 0 atom stereocenters. The molecular weight excluding hydrogens is 576 g/mol. The van der Waals surface area contributed by atoms with Crippen LogP contribution in [0.5, 0.6) is 11.5 Å². The van der Waals surface area contributed by atoms with Crippen LogP contribution < -0.4 is 25.5 Å². The molecule has 3 aromatic carbocycles. The van der Waals surface area contributed by atoms with Crippen molar-refractivity contribution in [2.75, 3.05) is 19.0 Å². The van der Waals surface area contributed by atoms with E-state index in [9.17, 15) is 14.4 Å². The van der Waals surface area contributed by atoms with Crippen molar-refractivity contribution in [3.63, 3.8) is 0 Å². The summed E-state index contributed by atoms with van der Waals surface area (Å²) in [6.07, 6.45) is 1.36. The van der Waals surface area contributed by atoms with Crippen LogP contribution in [0.3, 0.4) is 0 Å². The quantitative estimate of drug-likeness (QED) is 0.170. The van der Waals surface area contributed by atoms with Crippen molar-refractivity contribution < 1.29 is 23.9 Å². The zero-order valence-electron chi connectivity index (χ0n) is 23.1. The third-order valence-corrected chi connectivity index (χ3v) is 6.75. The van der Waals surface area contributed by atoms with Gasteiger partial charge in [-0.2, -0.15) is 5.10 Å². The van der Waals surface area contributed by atoms with Crippen LogP contribution in [0.4, 0.5) is 5.69 Å². The Hall–Kier alpha value is -4.18. The molecule has 0 heterocycles. The van der Waals surface area contributed by atoms with Gasteiger partial charge in [0.25, 0.3) is 5.91 Å². The van der Waals surface area contributed by atoms with E-state index in [0.29, 0.717) is 27.5 Å². The highest BCUT2D eigenvalue weighted by atomic mass is 79.9. The lowest BCUT2D eigenvalue weighted by Gasteiger charge is -2.14. The number of benzene rings is 3. The minimum Gasteiger partial charge on any atom is -0.493 e. The van der Waals surface area contributed by atoms with E-state index in [0.717, 1.165) is 22.4 Å². The molecule has 0 saturated carbocycles. The fraction of sp³-hybridized carbons (Fsp3) is 0.267. The highest BCUT2D eigenvalue weighted by Gasteiger charge is 2.15. The number of ether oxygens (including phenoxy) is 2. The van der Waals surface area contributed by atoms with Gasteiger partial charge in [0.15, 0.2) is 18.1 Å². The Labute approximate surface area is 242 Å². The summed E-state index contributed by atoms with van der Waals surface area (Å²) in [5.74, 6) is -0.912. The first-order valence-corrected chi connectivity index (χ1v) is 13.4. The van der Waals surface area contributed by atoms with Gasteiger partial charge in [-0.15, -0.1) is 0 Å². The van der Waals surface area contributed by atoms with Crippen molar-refractivity contribution in [2.45, 2.75) is 40.2 Å². The Morgan fingerprint density at radius 2 is 1.75 bits per heavy atom. The molecule has 3 aromatic rings. The van der Waals surface area contributed by atoms with Crippen molar-refractivity contribution in [3.8, 4) is 11.5 Å². The van der Waals surface area contributed by atoms with Gasteiger partial charge in [-0.3, -0.25) is 14.4 Å². The zero-order valence-corrected chi connectivity index (χ0v) is 24.7. The second-order valence-electron chi connectivity index (χ2n) is 9.40. The number of aryl methyl sites for hydroxylation is 1. The number of nitrogens with zero attached hydrogens (tertiary/aromatic N) is 1. The largest absolute Gasteiger partial charge is 0.493 e. The first-order valence-electron chi connectivity index (χ1n) is 12.7. The normalized spacial score (nSPS) is 10.9. The molecule has 210 valence electrons. The molecule has 0 bridgehead atoms. The fourth-order valence-corrected chi connectivity index (χ4v) is 4.24. The lowest BCUT2D eigenvalue weighted by atomic mass is 10.0. The van der Waals surface area contributed by atoms with Gasteiger partial charge in [-0.25, -0.2) is 5.43 Å². The van der Waals surface area contributed by atoms with Gasteiger partial charge in [-0.1, -0.05) is 50.2 Å². The van der Waals surface area contributed by atoms with Crippen LogP contribution in [0.2, 0.25) is 0 Å². The maximum absolute atomic E-state index is 12.5. The van der Waals surface area contributed by atoms with Crippen LogP contribution in [0.15, 0.2) is 64.2 Å². The Kier molecular flexibility index (Phi) is 10.8. The number of hydrazone groups is 1. The summed E-state index contributed by atoms with van der Waals surface area (Å²) in [6, 6.07) is 16.8. The molecule has 3 amide bonds. The topological polar surface area (TPSA) is 118 Å². The Morgan fingerprint density at radius 3 is 2.42 bits per heavy atom. The number of hydrogen-bond acceptors (Lipinski definition) is 6. The van der Waals surface area contributed by atoms with E-state index in [4.69, 9.17) is 9.47 Å². The van der Waals surface area contributed by atoms with Crippen molar-refractivity contribution in [1.29, 1.82) is 0 Å². The second kappa shape index (κ2) is 14.3. The van der Waals surface area contributed by atoms with E-state index in [1.165, 1.54) is 18.9 Å². The van der Waals surface area contributed by atoms with Gasteiger partial charge in [-0.05, 0) is 81.7 Å². The second-order valence-corrected chi connectivity index (χ2v) is 10.3. The first kappa shape index (κ1) is 30.4. The van der Waals surface area contributed by atoms with Crippen LogP contribution in [-0.4, -0.2) is 37.7 Å². The van der Waals surface area contributed by atoms with Crippen LogP contribution in [0.25, 0.3) is 0 Å². The number of carbonyl (C=O) groups excluding carboxylic acids is 3. The summed E-state index contributed by atoms with van der Waals surface area (Å²) in [6.45, 7) is 8.11. The van der Waals surface area contributed by atoms with Gasteiger partial charge in [0.1, 0.15) is 0 Å². The molecule has 40 heavy (non-hydrogen) atoms. The molecule has 0 radical (unpaired) electrons. The summed E-state index contributed by atoms with van der Waals surface area (Å²) >= 11 is 3.43. The Balaban J connectivity index is 1.54. The van der Waals surface area contributed by atoms with E-state index in [1.54, 1.807) is 12.1 Å². The third kappa shape index (κ3) is 8.41. The van der Waals surface area contributed by atoms with Crippen LogP contribution in [0, 0.1) is 13.8 Å². The molecule has 3 N–H and O–H groups in total. The molecule has 10 heteroatoms. The summed E-state index contributed by atoms with van der Waals surface area (Å²) < 4.78 is 11.6. The molecule has 0 aliphatic carbocycles. The van der Waals surface area contributed by atoms with Crippen molar-refractivity contribution in [3.05, 3.63) is 86.9 Å². The average Bonchev–Trinajstić information content (AvgIpc) is 2.93. The molecule has 0 saturated heterocycles. The van der Waals surface area contributed by atoms with Crippen LogP contribution >= 0.6 is 15.9 Å². The highest BCUT2D eigenvalue weighted by molar-refractivity contribution is 9.10. The summed E-state index contributed by atoms with van der Waals surface area (Å²) in [4.78, 5) is 36.7. The van der Waals surface area contributed by atoms with Gasteiger partial charge in [0.2, 0.25) is 0 Å².